The molecule has 3 rings (SSSR count). The molecule has 0 amide bonds. The molecule has 2 aromatic carbocycles. The molecule has 0 fully saturated rings. The van der Waals surface area contributed by atoms with E-state index in [2.05, 4.69) is 9.97 Å². The third-order valence-corrected chi connectivity index (χ3v) is 3.14. The Kier molecular flexibility index (Phi) is 3.13. The molecule has 0 radical (unpaired) electrons. The number of benzene rings is 2. The van der Waals surface area contributed by atoms with Gasteiger partial charge in [0.05, 0.1) is 19.0 Å². The van der Waals surface area contributed by atoms with Gasteiger partial charge < -0.3 is 15.5 Å². The maximum atomic E-state index is 5.69. The summed E-state index contributed by atoms with van der Waals surface area (Å²) in [5, 5.41) is 0. The Hall–Kier alpha value is -2.75. The number of imidazole rings is 1. The van der Waals surface area contributed by atoms with Gasteiger partial charge in [-0.15, -0.1) is 0 Å². The van der Waals surface area contributed by atoms with Crippen LogP contribution in [0.3, 0.4) is 0 Å². The van der Waals surface area contributed by atoms with E-state index in [1.807, 2.05) is 54.7 Å². The van der Waals surface area contributed by atoms with Crippen molar-refractivity contribution in [1.29, 1.82) is 0 Å². The third kappa shape index (κ3) is 2.36. The van der Waals surface area contributed by atoms with Crippen molar-refractivity contribution in [3.8, 4) is 28.4 Å². The summed E-state index contributed by atoms with van der Waals surface area (Å²) in [6.07, 6.45) is 1.82. The fraction of sp³-hybridized carbons (Fsp3) is 0.0625. The van der Waals surface area contributed by atoms with Gasteiger partial charge in [-0.3, -0.25) is 0 Å². The Morgan fingerprint density at radius 3 is 2.60 bits per heavy atom. The van der Waals surface area contributed by atoms with Gasteiger partial charge in [-0.2, -0.15) is 0 Å². The van der Waals surface area contributed by atoms with Crippen molar-refractivity contribution in [2.45, 2.75) is 0 Å². The van der Waals surface area contributed by atoms with Crippen molar-refractivity contribution in [3.63, 3.8) is 0 Å². The number of aromatic nitrogens is 2. The van der Waals surface area contributed by atoms with Crippen LogP contribution < -0.4 is 10.5 Å². The second-order valence-electron chi connectivity index (χ2n) is 4.50. The van der Waals surface area contributed by atoms with Crippen LogP contribution >= 0.6 is 0 Å². The molecule has 20 heavy (non-hydrogen) atoms. The lowest BCUT2D eigenvalue weighted by Crippen LogP contribution is -1.86. The number of nitrogens with zero attached hydrogens (tertiary/aromatic N) is 1. The summed E-state index contributed by atoms with van der Waals surface area (Å²) in [5.74, 6) is 1.65. The summed E-state index contributed by atoms with van der Waals surface area (Å²) < 4.78 is 5.23. The first kappa shape index (κ1) is 12.3. The van der Waals surface area contributed by atoms with Crippen LogP contribution in [0, 0.1) is 0 Å². The molecule has 4 nitrogen and oxygen atoms in total. The molecule has 3 N–H and O–H groups in total. The molecule has 0 atom stereocenters. The van der Waals surface area contributed by atoms with Crippen LogP contribution in [0.1, 0.15) is 0 Å². The first-order valence-corrected chi connectivity index (χ1v) is 6.31. The van der Waals surface area contributed by atoms with E-state index in [4.69, 9.17) is 10.5 Å². The molecule has 0 aliphatic heterocycles. The third-order valence-electron chi connectivity index (χ3n) is 3.14. The topological polar surface area (TPSA) is 63.9 Å². The van der Waals surface area contributed by atoms with Gasteiger partial charge in [0.2, 0.25) is 0 Å². The van der Waals surface area contributed by atoms with E-state index in [9.17, 15) is 0 Å². The van der Waals surface area contributed by atoms with Gasteiger partial charge in [-0.05, 0) is 36.4 Å². The Bertz CT molecular complexity index is 717. The van der Waals surface area contributed by atoms with Crippen LogP contribution in [0.15, 0.2) is 54.7 Å². The predicted molar refractivity (Wildman–Crippen MR) is 80.4 cm³/mol. The molecular formula is C16H15N3O. The first-order valence-electron chi connectivity index (χ1n) is 6.31. The summed E-state index contributed by atoms with van der Waals surface area (Å²) in [6.45, 7) is 0. The Morgan fingerprint density at radius 1 is 1.05 bits per heavy atom. The lowest BCUT2D eigenvalue weighted by atomic mass is 10.1. The van der Waals surface area contributed by atoms with E-state index >= 15 is 0 Å². The highest BCUT2D eigenvalue weighted by Crippen LogP contribution is 2.25. The molecule has 0 saturated heterocycles. The monoisotopic (exact) mass is 265 g/mol. The van der Waals surface area contributed by atoms with Gasteiger partial charge >= 0.3 is 0 Å². The van der Waals surface area contributed by atoms with Crippen LogP contribution in [0.2, 0.25) is 0 Å². The highest BCUT2D eigenvalue weighted by molar-refractivity contribution is 5.66. The SMILES string of the molecule is COc1cccc(-c2cnc(-c3ccc(N)cc3)[nH]2)c1. The van der Waals surface area contributed by atoms with Gasteiger partial charge in [0.15, 0.2) is 0 Å². The number of anilines is 1. The van der Waals surface area contributed by atoms with Crippen molar-refractivity contribution in [2.75, 3.05) is 12.8 Å². The lowest BCUT2D eigenvalue weighted by Gasteiger charge is -2.02. The number of H-pyrrole nitrogens is 1. The standard InChI is InChI=1S/C16H15N3O/c1-20-14-4-2-3-12(9-14)15-10-18-16(19-15)11-5-7-13(17)8-6-11/h2-10H,17H2,1H3,(H,18,19). The normalized spacial score (nSPS) is 10.4. The maximum Gasteiger partial charge on any atom is 0.137 e. The molecule has 4 heteroatoms. The first-order chi connectivity index (χ1) is 9.76. The molecule has 1 heterocycles. The Morgan fingerprint density at radius 2 is 1.85 bits per heavy atom. The minimum atomic E-state index is 0.744. The van der Waals surface area contributed by atoms with Gasteiger partial charge in [0, 0.05) is 16.8 Å². The summed E-state index contributed by atoms with van der Waals surface area (Å²) in [5.41, 5.74) is 9.43. The number of nitrogens with one attached hydrogen (secondary N) is 1. The molecular weight excluding hydrogens is 250 g/mol. The molecule has 0 aliphatic rings. The average Bonchev–Trinajstić information content (AvgIpc) is 2.98. The molecule has 3 aromatic rings. The van der Waals surface area contributed by atoms with Crippen LogP contribution in [0.25, 0.3) is 22.6 Å². The van der Waals surface area contributed by atoms with Crippen LogP contribution in [0.5, 0.6) is 5.75 Å². The zero-order valence-electron chi connectivity index (χ0n) is 11.1. The number of hydrogen-bond donors (Lipinski definition) is 2. The Balaban J connectivity index is 1.95. The smallest absolute Gasteiger partial charge is 0.137 e. The summed E-state index contributed by atoms with van der Waals surface area (Å²) in [7, 11) is 1.66. The Labute approximate surface area is 117 Å². The van der Waals surface area contributed by atoms with Crippen LogP contribution in [-0.2, 0) is 0 Å². The van der Waals surface area contributed by atoms with Gasteiger partial charge in [-0.25, -0.2) is 4.98 Å². The van der Waals surface area contributed by atoms with Crippen molar-refractivity contribution in [2.24, 2.45) is 0 Å². The lowest BCUT2D eigenvalue weighted by molar-refractivity contribution is 0.415. The predicted octanol–water partition coefficient (Wildman–Crippen LogP) is 3.33. The number of nitrogens with two attached hydrogens (primary N) is 1. The van der Waals surface area contributed by atoms with E-state index in [1.165, 1.54) is 0 Å². The zero-order chi connectivity index (χ0) is 13.9. The number of nitrogen functional groups attached to an aromatic ring is 1. The number of rotatable bonds is 3. The summed E-state index contributed by atoms with van der Waals surface area (Å²) in [4.78, 5) is 7.72. The van der Waals surface area contributed by atoms with E-state index in [0.29, 0.717) is 0 Å². The quantitative estimate of drug-likeness (QED) is 0.714. The van der Waals surface area contributed by atoms with Crippen molar-refractivity contribution in [1.82, 2.24) is 9.97 Å². The molecule has 0 aliphatic carbocycles. The van der Waals surface area contributed by atoms with Crippen molar-refractivity contribution < 1.29 is 4.74 Å². The molecule has 0 spiro atoms. The largest absolute Gasteiger partial charge is 0.497 e. The van der Waals surface area contributed by atoms with Gasteiger partial charge in [0.1, 0.15) is 11.6 Å². The van der Waals surface area contributed by atoms with Gasteiger partial charge in [0.25, 0.3) is 0 Å². The molecule has 0 bridgehead atoms. The van der Waals surface area contributed by atoms with Gasteiger partial charge in [-0.1, -0.05) is 12.1 Å². The average molecular weight is 265 g/mol. The van der Waals surface area contributed by atoms with Crippen molar-refractivity contribution >= 4 is 5.69 Å². The van der Waals surface area contributed by atoms with Crippen LogP contribution in [-0.4, -0.2) is 17.1 Å². The molecule has 100 valence electrons. The highest BCUT2D eigenvalue weighted by Gasteiger charge is 2.06. The van der Waals surface area contributed by atoms with E-state index in [0.717, 1.165) is 34.1 Å². The van der Waals surface area contributed by atoms with E-state index < -0.39 is 0 Å². The second-order valence-corrected chi connectivity index (χ2v) is 4.50. The molecule has 1 aromatic heterocycles. The summed E-state index contributed by atoms with van der Waals surface area (Å²) in [6, 6.07) is 15.5. The van der Waals surface area contributed by atoms with E-state index in [1.54, 1.807) is 7.11 Å². The van der Waals surface area contributed by atoms with Crippen molar-refractivity contribution in [3.05, 3.63) is 54.7 Å². The van der Waals surface area contributed by atoms with Crippen LogP contribution in [0.4, 0.5) is 5.69 Å². The molecule has 0 saturated carbocycles. The number of ether oxygens (including phenoxy) is 1. The van der Waals surface area contributed by atoms with E-state index in [-0.39, 0.29) is 0 Å². The number of methoxy groups -OCH3 is 1. The molecule has 0 unspecified atom stereocenters. The number of hydrogen-bond acceptors (Lipinski definition) is 3. The minimum Gasteiger partial charge on any atom is -0.497 e. The zero-order valence-corrected chi connectivity index (χ0v) is 11.1. The second kappa shape index (κ2) is 5.09. The highest BCUT2D eigenvalue weighted by atomic mass is 16.5. The maximum absolute atomic E-state index is 5.69. The minimum absolute atomic E-state index is 0.744. The number of aromatic amines is 1. The fourth-order valence-corrected chi connectivity index (χ4v) is 2.05. The fourth-order valence-electron chi connectivity index (χ4n) is 2.05. The summed E-state index contributed by atoms with van der Waals surface area (Å²) >= 11 is 0.